The molecule has 4 rings (SSSR count). The van der Waals surface area contributed by atoms with E-state index in [-0.39, 0.29) is 31.6 Å². The SMILES string of the molecule is Cc1ccc(N2CCN(C(=O)COCc3nc4ccc(C)cc4[nH]3)CC2=O)cc1. The van der Waals surface area contributed by atoms with Crippen LogP contribution in [0, 0.1) is 13.8 Å². The Hall–Kier alpha value is -3.19. The van der Waals surface area contributed by atoms with Gasteiger partial charge in [0.05, 0.1) is 11.0 Å². The maximum atomic E-state index is 12.5. The number of rotatable bonds is 5. The van der Waals surface area contributed by atoms with Crippen molar-refractivity contribution in [1.29, 1.82) is 0 Å². The number of imidazole rings is 1. The summed E-state index contributed by atoms with van der Waals surface area (Å²) in [6, 6.07) is 13.8. The molecule has 2 heterocycles. The van der Waals surface area contributed by atoms with Crippen molar-refractivity contribution in [2.75, 3.05) is 31.1 Å². The van der Waals surface area contributed by atoms with Crippen LogP contribution in [0.5, 0.6) is 0 Å². The molecule has 1 saturated heterocycles. The first-order chi connectivity index (χ1) is 14.0. The Labute approximate surface area is 169 Å². The minimum atomic E-state index is -0.186. The lowest BCUT2D eigenvalue weighted by Crippen LogP contribution is -2.53. The summed E-state index contributed by atoms with van der Waals surface area (Å²) >= 11 is 0. The molecule has 150 valence electrons. The molecular formula is C22H24N4O3. The third-order valence-corrected chi connectivity index (χ3v) is 5.07. The monoisotopic (exact) mass is 392 g/mol. The number of aromatic nitrogens is 2. The van der Waals surface area contributed by atoms with Crippen LogP contribution in [0.25, 0.3) is 11.0 Å². The van der Waals surface area contributed by atoms with Crippen molar-refractivity contribution < 1.29 is 14.3 Å². The van der Waals surface area contributed by atoms with Crippen LogP contribution in [0.4, 0.5) is 5.69 Å². The van der Waals surface area contributed by atoms with E-state index in [4.69, 9.17) is 4.74 Å². The van der Waals surface area contributed by atoms with Gasteiger partial charge in [0.15, 0.2) is 0 Å². The van der Waals surface area contributed by atoms with Crippen molar-refractivity contribution in [3.05, 3.63) is 59.4 Å². The summed E-state index contributed by atoms with van der Waals surface area (Å²) in [5.74, 6) is 0.411. The second kappa shape index (κ2) is 8.05. The maximum absolute atomic E-state index is 12.5. The lowest BCUT2D eigenvalue weighted by molar-refractivity contribution is -0.141. The van der Waals surface area contributed by atoms with Gasteiger partial charge in [-0.25, -0.2) is 4.98 Å². The molecule has 0 aliphatic carbocycles. The van der Waals surface area contributed by atoms with E-state index in [1.807, 2.05) is 56.3 Å². The number of hydrogen-bond donors (Lipinski definition) is 1. The zero-order valence-electron chi connectivity index (χ0n) is 16.6. The van der Waals surface area contributed by atoms with Gasteiger partial charge in [0.25, 0.3) is 0 Å². The average Bonchev–Trinajstić information content (AvgIpc) is 3.10. The van der Waals surface area contributed by atoms with Crippen molar-refractivity contribution in [3.8, 4) is 0 Å². The molecule has 29 heavy (non-hydrogen) atoms. The summed E-state index contributed by atoms with van der Waals surface area (Å²) < 4.78 is 5.54. The topological polar surface area (TPSA) is 78.5 Å². The fourth-order valence-electron chi connectivity index (χ4n) is 3.45. The molecule has 1 aliphatic rings. The Kier molecular flexibility index (Phi) is 5.31. The van der Waals surface area contributed by atoms with Gasteiger partial charge in [-0.1, -0.05) is 23.8 Å². The zero-order valence-corrected chi connectivity index (χ0v) is 16.6. The fraction of sp³-hybridized carbons (Fsp3) is 0.318. The molecule has 1 fully saturated rings. The minimum absolute atomic E-state index is 0.0694. The van der Waals surface area contributed by atoms with Gasteiger partial charge >= 0.3 is 0 Å². The predicted molar refractivity (Wildman–Crippen MR) is 111 cm³/mol. The predicted octanol–water partition coefficient (Wildman–Crippen LogP) is 2.57. The summed E-state index contributed by atoms with van der Waals surface area (Å²) in [7, 11) is 0. The molecule has 3 aromatic rings. The Bertz CT molecular complexity index is 1040. The van der Waals surface area contributed by atoms with Crippen molar-refractivity contribution in [1.82, 2.24) is 14.9 Å². The third-order valence-electron chi connectivity index (χ3n) is 5.07. The number of aryl methyl sites for hydroxylation is 2. The highest BCUT2D eigenvalue weighted by atomic mass is 16.5. The van der Waals surface area contributed by atoms with Crippen LogP contribution in [-0.4, -0.2) is 52.9 Å². The van der Waals surface area contributed by atoms with Gasteiger partial charge < -0.3 is 19.5 Å². The van der Waals surface area contributed by atoms with Crippen LogP contribution in [0.1, 0.15) is 17.0 Å². The lowest BCUT2D eigenvalue weighted by atomic mass is 10.2. The Morgan fingerprint density at radius 1 is 1.10 bits per heavy atom. The second-order valence-corrected chi connectivity index (χ2v) is 7.39. The normalized spacial score (nSPS) is 14.6. The molecule has 0 radical (unpaired) electrons. The zero-order chi connectivity index (χ0) is 20.4. The molecule has 0 bridgehead atoms. The molecule has 0 unspecified atom stereocenters. The lowest BCUT2D eigenvalue weighted by Gasteiger charge is -2.34. The summed E-state index contributed by atoms with van der Waals surface area (Å²) in [5.41, 5.74) is 4.99. The first kappa shape index (κ1) is 19.1. The highest BCUT2D eigenvalue weighted by Gasteiger charge is 2.27. The number of amides is 2. The van der Waals surface area contributed by atoms with E-state index in [1.54, 1.807) is 9.80 Å². The second-order valence-electron chi connectivity index (χ2n) is 7.39. The first-order valence-electron chi connectivity index (χ1n) is 9.67. The van der Waals surface area contributed by atoms with E-state index in [1.165, 1.54) is 0 Å². The highest BCUT2D eigenvalue weighted by molar-refractivity contribution is 5.98. The van der Waals surface area contributed by atoms with Crippen LogP contribution in [-0.2, 0) is 20.9 Å². The molecule has 0 atom stereocenters. The minimum Gasteiger partial charge on any atom is -0.364 e. The van der Waals surface area contributed by atoms with Crippen molar-refractivity contribution in [2.24, 2.45) is 0 Å². The number of H-pyrrole nitrogens is 1. The van der Waals surface area contributed by atoms with Gasteiger partial charge in [-0.05, 0) is 43.7 Å². The number of benzene rings is 2. The molecule has 1 aliphatic heterocycles. The third kappa shape index (κ3) is 4.30. The molecule has 1 aromatic heterocycles. The van der Waals surface area contributed by atoms with E-state index in [9.17, 15) is 9.59 Å². The molecule has 7 heteroatoms. The highest BCUT2D eigenvalue weighted by Crippen LogP contribution is 2.18. The fourth-order valence-corrected chi connectivity index (χ4v) is 3.45. The number of anilines is 1. The smallest absolute Gasteiger partial charge is 0.249 e. The number of ether oxygens (including phenoxy) is 1. The van der Waals surface area contributed by atoms with Crippen molar-refractivity contribution in [2.45, 2.75) is 20.5 Å². The van der Waals surface area contributed by atoms with E-state index in [0.717, 1.165) is 27.8 Å². The molecule has 2 amide bonds. The molecular weight excluding hydrogens is 368 g/mol. The number of fused-ring (bicyclic) bond motifs is 1. The van der Waals surface area contributed by atoms with E-state index >= 15 is 0 Å². The maximum Gasteiger partial charge on any atom is 0.249 e. The Balaban J connectivity index is 1.29. The quantitative estimate of drug-likeness (QED) is 0.724. The van der Waals surface area contributed by atoms with Crippen LogP contribution in [0.15, 0.2) is 42.5 Å². The summed E-state index contributed by atoms with van der Waals surface area (Å²) in [6.07, 6.45) is 0. The standard InChI is InChI=1S/C22H24N4O3/c1-15-3-6-17(7-4-15)26-10-9-25(12-21(26)27)22(28)14-29-13-20-23-18-8-5-16(2)11-19(18)24-20/h3-8,11H,9-10,12-14H2,1-2H3,(H,23,24). The van der Waals surface area contributed by atoms with E-state index in [0.29, 0.717) is 18.9 Å². The van der Waals surface area contributed by atoms with E-state index in [2.05, 4.69) is 9.97 Å². The average molecular weight is 392 g/mol. The number of carbonyl (C=O) groups is 2. The number of carbonyl (C=O) groups excluding carboxylic acids is 2. The van der Waals surface area contributed by atoms with Gasteiger partial charge in [0.2, 0.25) is 11.8 Å². The number of nitrogens with one attached hydrogen (secondary N) is 1. The van der Waals surface area contributed by atoms with Gasteiger partial charge in [0.1, 0.15) is 25.6 Å². The first-order valence-corrected chi connectivity index (χ1v) is 9.67. The van der Waals surface area contributed by atoms with Gasteiger partial charge in [-0.3, -0.25) is 9.59 Å². The largest absolute Gasteiger partial charge is 0.364 e. The number of aromatic amines is 1. The van der Waals surface area contributed by atoms with Gasteiger partial charge in [-0.15, -0.1) is 0 Å². The molecule has 1 N–H and O–H groups in total. The molecule has 7 nitrogen and oxygen atoms in total. The number of hydrogen-bond acceptors (Lipinski definition) is 4. The van der Waals surface area contributed by atoms with Crippen molar-refractivity contribution >= 4 is 28.5 Å². The van der Waals surface area contributed by atoms with Crippen molar-refractivity contribution in [3.63, 3.8) is 0 Å². The molecule has 2 aromatic carbocycles. The Morgan fingerprint density at radius 3 is 2.62 bits per heavy atom. The van der Waals surface area contributed by atoms with Crippen LogP contribution < -0.4 is 4.90 Å². The molecule has 0 saturated carbocycles. The molecule has 0 spiro atoms. The summed E-state index contributed by atoms with van der Waals surface area (Å²) in [5, 5.41) is 0. The van der Waals surface area contributed by atoms with Crippen LogP contribution >= 0.6 is 0 Å². The Morgan fingerprint density at radius 2 is 1.86 bits per heavy atom. The van der Waals surface area contributed by atoms with Gasteiger partial charge in [0, 0.05) is 18.8 Å². The summed E-state index contributed by atoms with van der Waals surface area (Å²) in [4.78, 5) is 35.9. The van der Waals surface area contributed by atoms with Crippen LogP contribution in [0.2, 0.25) is 0 Å². The van der Waals surface area contributed by atoms with Crippen LogP contribution in [0.3, 0.4) is 0 Å². The van der Waals surface area contributed by atoms with E-state index < -0.39 is 0 Å². The van der Waals surface area contributed by atoms with Gasteiger partial charge in [-0.2, -0.15) is 0 Å². The number of piperazine rings is 1. The number of nitrogens with zero attached hydrogens (tertiary/aromatic N) is 3. The summed E-state index contributed by atoms with van der Waals surface area (Å²) in [6.45, 7) is 5.22.